The van der Waals surface area contributed by atoms with E-state index in [4.69, 9.17) is 0 Å². The maximum absolute atomic E-state index is 12.2. The number of guanidine groups is 1. The monoisotopic (exact) mass is 414 g/mol. The van der Waals surface area contributed by atoms with Gasteiger partial charge in [-0.1, -0.05) is 31.4 Å². The van der Waals surface area contributed by atoms with Crippen LogP contribution in [0.1, 0.15) is 50.7 Å². The minimum atomic E-state index is -2.86. The molecule has 0 radical (unpaired) electrons. The molecule has 1 atom stereocenters. The van der Waals surface area contributed by atoms with Crippen molar-refractivity contribution in [3.05, 3.63) is 29.8 Å². The van der Waals surface area contributed by atoms with Crippen molar-refractivity contribution in [1.82, 2.24) is 15.5 Å². The third kappa shape index (κ3) is 12.3. The first-order valence-corrected chi connectivity index (χ1v) is 10.3. The third-order valence-electron chi connectivity index (χ3n) is 4.33. The Morgan fingerprint density at radius 2 is 1.72 bits per heavy atom. The highest BCUT2D eigenvalue weighted by Crippen LogP contribution is 2.19. The lowest BCUT2D eigenvalue weighted by Gasteiger charge is -2.14. The van der Waals surface area contributed by atoms with Crippen LogP contribution in [0.25, 0.3) is 0 Å². The van der Waals surface area contributed by atoms with Gasteiger partial charge in [-0.2, -0.15) is 8.78 Å². The average Bonchev–Trinajstić information content (AvgIpc) is 2.67. The summed E-state index contributed by atoms with van der Waals surface area (Å²) in [6.07, 6.45) is 5.14. The van der Waals surface area contributed by atoms with Gasteiger partial charge in [0.15, 0.2) is 5.96 Å². The topological polar surface area (TPSA) is 69.1 Å². The first kappa shape index (κ1) is 25.1. The molecule has 3 N–H and O–H groups in total. The van der Waals surface area contributed by atoms with E-state index in [1.807, 2.05) is 6.92 Å². The number of hydrogen-bond acceptors (Lipinski definition) is 4. The van der Waals surface area contributed by atoms with Gasteiger partial charge >= 0.3 is 6.61 Å². The van der Waals surface area contributed by atoms with Crippen LogP contribution >= 0.6 is 0 Å². The number of nitrogens with zero attached hydrogens (tertiary/aromatic N) is 2. The Hall–Kier alpha value is -1.93. The largest absolute Gasteiger partial charge is 0.435 e. The van der Waals surface area contributed by atoms with Gasteiger partial charge in [-0.3, -0.25) is 4.99 Å². The Morgan fingerprint density at radius 3 is 2.34 bits per heavy atom. The summed E-state index contributed by atoms with van der Waals surface area (Å²) in [4.78, 5) is 6.62. The van der Waals surface area contributed by atoms with Crippen LogP contribution in [0.5, 0.6) is 5.75 Å². The van der Waals surface area contributed by atoms with Crippen molar-refractivity contribution in [2.45, 2.75) is 51.7 Å². The van der Waals surface area contributed by atoms with Crippen molar-refractivity contribution < 1.29 is 18.6 Å². The minimum Gasteiger partial charge on any atom is -0.435 e. The van der Waals surface area contributed by atoms with Gasteiger partial charge < -0.3 is 25.4 Å². The van der Waals surface area contributed by atoms with E-state index in [1.54, 1.807) is 12.1 Å². The van der Waals surface area contributed by atoms with Crippen molar-refractivity contribution >= 4 is 5.96 Å². The summed E-state index contributed by atoms with van der Waals surface area (Å²) in [6.45, 7) is 2.00. The van der Waals surface area contributed by atoms with Crippen LogP contribution in [0.3, 0.4) is 0 Å². The number of rotatable bonds is 14. The van der Waals surface area contributed by atoms with Gasteiger partial charge in [0.05, 0.1) is 12.6 Å². The lowest BCUT2D eigenvalue weighted by Crippen LogP contribution is -2.38. The van der Waals surface area contributed by atoms with Gasteiger partial charge in [-0.15, -0.1) is 0 Å². The molecule has 0 aromatic heterocycles. The molecule has 0 aliphatic rings. The fraction of sp³-hybridized carbons (Fsp3) is 0.667. The molecule has 0 spiro atoms. The lowest BCUT2D eigenvalue weighted by atomic mass is 10.1. The predicted molar refractivity (Wildman–Crippen MR) is 114 cm³/mol. The molecule has 166 valence electrons. The Labute approximate surface area is 173 Å². The van der Waals surface area contributed by atoms with Crippen LogP contribution in [-0.2, 0) is 0 Å². The van der Waals surface area contributed by atoms with E-state index in [2.05, 4.69) is 39.4 Å². The Morgan fingerprint density at radius 1 is 1.07 bits per heavy atom. The van der Waals surface area contributed by atoms with E-state index in [0.29, 0.717) is 11.5 Å². The molecule has 0 saturated heterocycles. The molecule has 1 aromatic rings. The molecule has 0 saturated carbocycles. The summed E-state index contributed by atoms with van der Waals surface area (Å²) in [5.41, 5.74) is 0.601. The van der Waals surface area contributed by atoms with E-state index in [0.717, 1.165) is 26.1 Å². The Kier molecular flexibility index (Phi) is 13.0. The molecule has 0 fully saturated rings. The predicted octanol–water partition coefficient (Wildman–Crippen LogP) is 3.39. The summed E-state index contributed by atoms with van der Waals surface area (Å²) in [7, 11) is 4.19. The number of aliphatic hydroxyl groups is 1. The molecule has 6 nitrogen and oxygen atoms in total. The molecule has 8 heteroatoms. The van der Waals surface area contributed by atoms with E-state index < -0.39 is 12.7 Å². The quantitative estimate of drug-likeness (QED) is 0.247. The number of nitrogens with one attached hydrogen (secondary N) is 2. The molecule has 0 amide bonds. The smallest absolute Gasteiger partial charge is 0.387 e. The Balaban J connectivity index is 2.34. The molecule has 1 aromatic carbocycles. The summed E-state index contributed by atoms with van der Waals surface area (Å²) in [5.74, 6) is 0.730. The maximum Gasteiger partial charge on any atom is 0.387 e. The number of aliphatic imine (C=N–C) groups is 1. The van der Waals surface area contributed by atoms with Crippen LogP contribution < -0.4 is 15.4 Å². The minimum absolute atomic E-state index is 0.0659. The zero-order valence-electron chi connectivity index (χ0n) is 17.8. The zero-order chi connectivity index (χ0) is 21.5. The molecule has 29 heavy (non-hydrogen) atoms. The molecule has 1 unspecified atom stereocenters. The molecule has 0 aliphatic carbocycles. The number of halogens is 2. The number of hydrogen-bond donors (Lipinski definition) is 3. The maximum atomic E-state index is 12.2. The second-order valence-electron chi connectivity index (χ2n) is 7.18. The fourth-order valence-electron chi connectivity index (χ4n) is 2.79. The molecule has 0 heterocycles. The van der Waals surface area contributed by atoms with E-state index in [1.165, 1.54) is 37.8 Å². The average molecular weight is 415 g/mol. The number of alkyl halides is 2. The van der Waals surface area contributed by atoms with Gasteiger partial charge in [-0.25, -0.2) is 0 Å². The standard InChI is InChI=1S/C21H36F2N4O2/c1-4-24-21(25-14-8-6-5-7-9-15-27(2)3)26-16-19(28)17-10-12-18(13-11-17)29-20(22)23/h10-13,19-20,28H,4-9,14-16H2,1-3H3,(H2,24,25,26). The number of benzene rings is 1. The van der Waals surface area contributed by atoms with Crippen molar-refractivity contribution in [2.75, 3.05) is 40.3 Å². The van der Waals surface area contributed by atoms with Gasteiger partial charge in [0.2, 0.25) is 0 Å². The molecule has 0 aliphatic heterocycles. The second kappa shape index (κ2) is 15.0. The normalized spacial score (nSPS) is 13.0. The summed E-state index contributed by atoms with van der Waals surface area (Å²) in [5, 5.41) is 16.7. The van der Waals surface area contributed by atoms with Crippen molar-refractivity contribution in [2.24, 2.45) is 4.99 Å². The van der Waals surface area contributed by atoms with Crippen LogP contribution in [-0.4, -0.2) is 62.9 Å². The van der Waals surface area contributed by atoms with E-state index in [-0.39, 0.29) is 12.3 Å². The van der Waals surface area contributed by atoms with Crippen LogP contribution in [0.4, 0.5) is 8.78 Å². The van der Waals surface area contributed by atoms with Gasteiger partial charge in [-0.05, 0) is 58.1 Å². The lowest BCUT2D eigenvalue weighted by molar-refractivity contribution is -0.0498. The molecule has 1 rings (SSSR count). The Bertz CT molecular complexity index is 568. The summed E-state index contributed by atoms with van der Waals surface area (Å²) in [6, 6.07) is 5.95. The van der Waals surface area contributed by atoms with Gasteiger partial charge in [0, 0.05) is 13.1 Å². The first-order chi connectivity index (χ1) is 13.9. The van der Waals surface area contributed by atoms with Gasteiger partial charge in [0.25, 0.3) is 0 Å². The van der Waals surface area contributed by atoms with Crippen molar-refractivity contribution in [3.8, 4) is 5.75 Å². The number of ether oxygens (including phenoxy) is 1. The van der Waals surface area contributed by atoms with Crippen LogP contribution in [0.15, 0.2) is 29.3 Å². The van der Waals surface area contributed by atoms with Crippen LogP contribution in [0, 0.1) is 0 Å². The van der Waals surface area contributed by atoms with E-state index >= 15 is 0 Å². The molecular weight excluding hydrogens is 378 g/mol. The van der Waals surface area contributed by atoms with Crippen LogP contribution in [0.2, 0.25) is 0 Å². The second-order valence-corrected chi connectivity index (χ2v) is 7.18. The first-order valence-electron chi connectivity index (χ1n) is 10.3. The SMILES string of the molecule is CCNC(=NCC(O)c1ccc(OC(F)F)cc1)NCCCCCCCN(C)C. The highest BCUT2D eigenvalue weighted by molar-refractivity contribution is 5.79. The fourth-order valence-corrected chi connectivity index (χ4v) is 2.79. The molecular formula is C21H36F2N4O2. The highest BCUT2D eigenvalue weighted by atomic mass is 19.3. The highest BCUT2D eigenvalue weighted by Gasteiger charge is 2.09. The number of aliphatic hydroxyl groups excluding tert-OH is 1. The summed E-state index contributed by atoms with van der Waals surface area (Å²) >= 11 is 0. The van der Waals surface area contributed by atoms with Crippen molar-refractivity contribution in [3.63, 3.8) is 0 Å². The third-order valence-corrected chi connectivity index (χ3v) is 4.33. The zero-order valence-corrected chi connectivity index (χ0v) is 17.8. The van der Waals surface area contributed by atoms with Gasteiger partial charge in [0.1, 0.15) is 5.75 Å². The van der Waals surface area contributed by atoms with E-state index in [9.17, 15) is 13.9 Å². The molecule has 0 bridgehead atoms. The summed E-state index contributed by atoms with van der Waals surface area (Å²) < 4.78 is 28.7. The van der Waals surface area contributed by atoms with Crippen molar-refractivity contribution in [1.29, 1.82) is 0 Å². The number of unbranched alkanes of at least 4 members (excludes halogenated alkanes) is 4.